The van der Waals surface area contributed by atoms with Gasteiger partial charge < -0.3 is 5.11 Å². The van der Waals surface area contributed by atoms with Crippen LogP contribution in [0.25, 0.3) is 21.9 Å². The first-order valence-electron chi connectivity index (χ1n) is 8.62. The second kappa shape index (κ2) is 4.97. The number of hydrogen-bond donors (Lipinski definition) is 1. The highest BCUT2D eigenvalue weighted by atomic mass is 16.3. The van der Waals surface area contributed by atoms with Crippen molar-refractivity contribution in [2.24, 2.45) is 0 Å². The van der Waals surface area contributed by atoms with Gasteiger partial charge in [-0.2, -0.15) is 0 Å². The molecule has 0 aliphatic heterocycles. The fraction of sp³-hybridized carbons (Fsp3) is 0.0833. The van der Waals surface area contributed by atoms with E-state index in [1.165, 1.54) is 22.3 Å². The van der Waals surface area contributed by atoms with E-state index >= 15 is 0 Å². The van der Waals surface area contributed by atoms with Crippen molar-refractivity contribution in [2.45, 2.75) is 12.3 Å². The lowest BCUT2D eigenvalue weighted by molar-refractivity contribution is 0.465. The van der Waals surface area contributed by atoms with Gasteiger partial charge in [0.2, 0.25) is 0 Å². The molecule has 0 radical (unpaired) electrons. The molecule has 1 N–H and O–H groups in total. The van der Waals surface area contributed by atoms with E-state index in [-0.39, 0.29) is 5.41 Å². The molecule has 1 aliphatic rings. The number of aromatic hydroxyl groups is 1. The van der Waals surface area contributed by atoms with Crippen molar-refractivity contribution in [3.63, 3.8) is 0 Å². The number of hydrogen-bond acceptors (Lipinski definition) is 1. The summed E-state index contributed by atoms with van der Waals surface area (Å²) in [5.74, 6) is 0.382. The zero-order chi connectivity index (χ0) is 17.0. The summed E-state index contributed by atoms with van der Waals surface area (Å²) in [7, 11) is 0. The molecule has 0 bridgehead atoms. The van der Waals surface area contributed by atoms with E-state index in [2.05, 4.69) is 67.6 Å². The molecule has 4 aromatic rings. The Hall–Kier alpha value is -3.06. The van der Waals surface area contributed by atoms with Gasteiger partial charge in [-0.05, 0) is 34.6 Å². The molecule has 0 unspecified atom stereocenters. The van der Waals surface area contributed by atoms with Gasteiger partial charge in [0.1, 0.15) is 5.75 Å². The van der Waals surface area contributed by atoms with E-state index in [1.54, 1.807) is 0 Å². The SMILES string of the molecule is CC1(c2ccc3ccccc3c2O)c2ccccc2-c2ccccc21. The van der Waals surface area contributed by atoms with Crippen molar-refractivity contribution in [3.05, 3.63) is 102 Å². The van der Waals surface area contributed by atoms with Gasteiger partial charge in [0.25, 0.3) is 0 Å². The standard InChI is InChI=1S/C24H18O/c1-24(22-15-14-16-8-2-3-9-17(16)23(22)25)20-12-6-4-10-18(20)19-11-5-7-13-21(19)24/h2-15,25H,1H3. The van der Waals surface area contributed by atoms with Gasteiger partial charge in [-0.1, -0.05) is 84.9 Å². The quantitative estimate of drug-likeness (QED) is 0.464. The van der Waals surface area contributed by atoms with Crippen molar-refractivity contribution < 1.29 is 5.11 Å². The Morgan fingerprint density at radius 1 is 0.600 bits per heavy atom. The Labute approximate surface area is 147 Å². The number of rotatable bonds is 1. The summed E-state index contributed by atoms with van der Waals surface area (Å²) in [4.78, 5) is 0. The summed E-state index contributed by atoms with van der Waals surface area (Å²) in [5.41, 5.74) is 5.62. The normalized spacial score (nSPS) is 14.3. The lowest BCUT2D eigenvalue weighted by atomic mass is 9.73. The first kappa shape index (κ1) is 14.3. The largest absolute Gasteiger partial charge is 0.507 e. The van der Waals surface area contributed by atoms with Crippen molar-refractivity contribution in [1.29, 1.82) is 0 Å². The lowest BCUT2D eigenvalue weighted by Crippen LogP contribution is -2.22. The Bertz CT molecular complexity index is 1080. The minimum absolute atomic E-state index is 0.360. The minimum Gasteiger partial charge on any atom is -0.507 e. The van der Waals surface area contributed by atoms with Crippen LogP contribution < -0.4 is 0 Å². The third kappa shape index (κ3) is 1.78. The zero-order valence-electron chi connectivity index (χ0n) is 14.0. The third-order valence-corrected chi connectivity index (χ3v) is 5.66. The smallest absolute Gasteiger partial charge is 0.127 e. The van der Waals surface area contributed by atoms with Crippen molar-refractivity contribution in [3.8, 4) is 16.9 Å². The van der Waals surface area contributed by atoms with Gasteiger partial charge >= 0.3 is 0 Å². The molecule has 1 aliphatic carbocycles. The Kier molecular flexibility index (Phi) is 2.84. The topological polar surface area (TPSA) is 20.2 Å². The van der Waals surface area contributed by atoms with E-state index in [0.717, 1.165) is 16.3 Å². The second-order valence-corrected chi connectivity index (χ2v) is 6.90. The third-order valence-electron chi connectivity index (χ3n) is 5.66. The van der Waals surface area contributed by atoms with Crippen LogP contribution in [0.3, 0.4) is 0 Å². The van der Waals surface area contributed by atoms with Crippen LogP contribution in [0.5, 0.6) is 5.75 Å². The fourth-order valence-corrected chi connectivity index (χ4v) is 4.40. The molecular weight excluding hydrogens is 304 g/mol. The van der Waals surface area contributed by atoms with Crippen LogP contribution in [0.15, 0.2) is 84.9 Å². The van der Waals surface area contributed by atoms with Crippen LogP contribution in [0.1, 0.15) is 23.6 Å². The molecular formula is C24H18O. The molecule has 0 saturated heterocycles. The zero-order valence-corrected chi connectivity index (χ0v) is 14.0. The summed E-state index contributed by atoms with van der Waals surface area (Å²) < 4.78 is 0. The van der Waals surface area contributed by atoms with E-state index < -0.39 is 0 Å². The number of phenols is 1. The summed E-state index contributed by atoms with van der Waals surface area (Å²) in [6.07, 6.45) is 0. The number of phenolic OH excluding ortho intramolecular Hbond substituents is 1. The van der Waals surface area contributed by atoms with Crippen LogP contribution in [-0.4, -0.2) is 5.11 Å². The first-order valence-corrected chi connectivity index (χ1v) is 8.62. The average molecular weight is 322 g/mol. The predicted octanol–water partition coefficient (Wildman–Crippen LogP) is 5.88. The number of benzene rings is 4. The summed E-state index contributed by atoms with van der Waals surface area (Å²) in [6.45, 7) is 2.22. The van der Waals surface area contributed by atoms with E-state index in [9.17, 15) is 5.11 Å². The molecule has 25 heavy (non-hydrogen) atoms. The molecule has 4 aromatic carbocycles. The Balaban J connectivity index is 1.89. The van der Waals surface area contributed by atoms with Gasteiger partial charge in [0, 0.05) is 16.4 Å². The molecule has 0 amide bonds. The van der Waals surface area contributed by atoms with E-state index in [0.29, 0.717) is 5.75 Å². The molecule has 0 aromatic heterocycles. The molecule has 0 heterocycles. The van der Waals surface area contributed by atoms with Crippen LogP contribution in [-0.2, 0) is 5.41 Å². The summed E-state index contributed by atoms with van der Waals surface area (Å²) in [6, 6.07) is 29.3. The van der Waals surface area contributed by atoms with Crippen LogP contribution in [0.2, 0.25) is 0 Å². The number of fused-ring (bicyclic) bond motifs is 4. The highest BCUT2D eigenvalue weighted by molar-refractivity contribution is 5.92. The first-order chi connectivity index (χ1) is 12.2. The van der Waals surface area contributed by atoms with E-state index in [4.69, 9.17) is 0 Å². The van der Waals surface area contributed by atoms with Crippen LogP contribution in [0.4, 0.5) is 0 Å². The van der Waals surface area contributed by atoms with Crippen molar-refractivity contribution in [1.82, 2.24) is 0 Å². The predicted molar refractivity (Wildman–Crippen MR) is 103 cm³/mol. The second-order valence-electron chi connectivity index (χ2n) is 6.90. The van der Waals surface area contributed by atoms with E-state index in [1.807, 2.05) is 24.3 Å². The molecule has 1 heteroatoms. The average Bonchev–Trinajstić information content (AvgIpc) is 2.93. The molecule has 5 rings (SSSR count). The van der Waals surface area contributed by atoms with Crippen molar-refractivity contribution >= 4 is 10.8 Å². The molecule has 0 fully saturated rings. The summed E-state index contributed by atoms with van der Waals surface area (Å²) >= 11 is 0. The molecule has 0 saturated carbocycles. The molecule has 0 atom stereocenters. The monoisotopic (exact) mass is 322 g/mol. The van der Waals surface area contributed by atoms with Crippen LogP contribution >= 0.6 is 0 Å². The summed E-state index contributed by atoms with van der Waals surface area (Å²) in [5, 5.41) is 13.1. The molecule has 0 spiro atoms. The molecule has 120 valence electrons. The maximum absolute atomic E-state index is 11.1. The minimum atomic E-state index is -0.360. The highest BCUT2D eigenvalue weighted by Gasteiger charge is 2.42. The fourth-order valence-electron chi connectivity index (χ4n) is 4.40. The Morgan fingerprint density at radius 2 is 1.16 bits per heavy atom. The van der Waals surface area contributed by atoms with Gasteiger partial charge in [-0.3, -0.25) is 0 Å². The lowest BCUT2D eigenvalue weighted by Gasteiger charge is -2.29. The van der Waals surface area contributed by atoms with Gasteiger partial charge in [0.05, 0.1) is 0 Å². The Morgan fingerprint density at radius 3 is 1.84 bits per heavy atom. The molecule has 1 nitrogen and oxygen atoms in total. The van der Waals surface area contributed by atoms with Gasteiger partial charge in [-0.15, -0.1) is 0 Å². The maximum atomic E-state index is 11.1. The highest BCUT2D eigenvalue weighted by Crippen LogP contribution is 2.54. The van der Waals surface area contributed by atoms with Gasteiger partial charge in [0.15, 0.2) is 0 Å². The van der Waals surface area contributed by atoms with Gasteiger partial charge in [-0.25, -0.2) is 0 Å². The van der Waals surface area contributed by atoms with Crippen LogP contribution in [0, 0.1) is 0 Å². The maximum Gasteiger partial charge on any atom is 0.127 e. The van der Waals surface area contributed by atoms with Crippen molar-refractivity contribution in [2.75, 3.05) is 0 Å².